The molecule has 2 N–H and O–H groups in total. The van der Waals surface area contributed by atoms with Crippen LogP contribution in [0, 0.1) is 19.8 Å². The summed E-state index contributed by atoms with van der Waals surface area (Å²) in [6.45, 7) is 7.68. The number of nitrogens with one attached hydrogen (secondary N) is 2. The van der Waals surface area contributed by atoms with Gasteiger partial charge in [0.05, 0.1) is 11.0 Å². The van der Waals surface area contributed by atoms with Gasteiger partial charge < -0.3 is 15.2 Å². The molecule has 30 heavy (non-hydrogen) atoms. The Morgan fingerprint density at radius 3 is 2.63 bits per heavy atom. The average Bonchev–Trinajstić information content (AvgIpc) is 3.15. The SMILES string of the molecule is Cc1cc(C)c2nc(CCc3cnc(NCCCC4CCN(C)CC4)nc3)[nH]c2c1. The number of imidazole rings is 1. The Labute approximate surface area is 179 Å². The number of aromatic amines is 1. The molecule has 3 heterocycles. The van der Waals surface area contributed by atoms with Gasteiger partial charge >= 0.3 is 0 Å². The van der Waals surface area contributed by atoms with Crippen molar-refractivity contribution in [3.05, 3.63) is 47.0 Å². The molecule has 3 aromatic rings. The van der Waals surface area contributed by atoms with E-state index < -0.39 is 0 Å². The summed E-state index contributed by atoms with van der Waals surface area (Å²) in [5.41, 5.74) is 5.82. The predicted molar refractivity (Wildman–Crippen MR) is 123 cm³/mol. The number of H-pyrrole nitrogens is 1. The van der Waals surface area contributed by atoms with Crippen LogP contribution in [0.3, 0.4) is 0 Å². The van der Waals surface area contributed by atoms with Gasteiger partial charge in [-0.1, -0.05) is 6.07 Å². The van der Waals surface area contributed by atoms with Gasteiger partial charge in [-0.3, -0.25) is 0 Å². The van der Waals surface area contributed by atoms with Gasteiger partial charge in [-0.2, -0.15) is 0 Å². The Bertz CT molecular complexity index is 954. The van der Waals surface area contributed by atoms with Crippen LogP contribution in [-0.2, 0) is 12.8 Å². The smallest absolute Gasteiger partial charge is 0.222 e. The largest absolute Gasteiger partial charge is 0.354 e. The lowest BCUT2D eigenvalue weighted by Gasteiger charge is -2.28. The number of nitrogens with zero attached hydrogens (tertiary/aromatic N) is 4. The minimum Gasteiger partial charge on any atom is -0.354 e. The van der Waals surface area contributed by atoms with Crippen LogP contribution >= 0.6 is 0 Å². The predicted octanol–water partition coefficient (Wildman–Crippen LogP) is 4.29. The summed E-state index contributed by atoms with van der Waals surface area (Å²) in [5, 5.41) is 3.37. The lowest BCUT2D eigenvalue weighted by molar-refractivity contribution is 0.211. The fraction of sp³-hybridized carbons (Fsp3) is 0.542. The molecular weight excluding hydrogens is 372 g/mol. The van der Waals surface area contributed by atoms with Gasteiger partial charge in [0, 0.05) is 25.4 Å². The van der Waals surface area contributed by atoms with E-state index in [1.807, 2.05) is 12.4 Å². The molecule has 160 valence electrons. The quantitative estimate of drug-likeness (QED) is 0.546. The molecule has 0 saturated carbocycles. The highest BCUT2D eigenvalue weighted by molar-refractivity contribution is 5.79. The highest BCUT2D eigenvalue weighted by Crippen LogP contribution is 2.21. The number of likely N-dealkylation sites (tertiary alicyclic amines) is 1. The van der Waals surface area contributed by atoms with Crippen molar-refractivity contribution in [1.82, 2.24) is 24.8 Å². The number of rotatable bonds is 8. The van der Waals surface area contributed by atoms with Crippen LogP contribution in [0.15, 0.2) is 24.5 Å². The zero-order valence-electron chi connectivity index (χ0n) is 18.5. The highest BCUT2D eigenvalue weighted by atomic mass is 15.1. The third-order valence-corrected chi connectivity index (χ3v) is 6.24. The first-order valence-corrected chi connectivity index (χ1v) is 11.3. The summed E-state index contributed by atoms with van der Waals surface area (Å²) in [6.07, 6.45) is 10.8. The van der Waals surface area contributed by atoms with Crippen LogP contribution in [0.1, 0.15) is 48.2 Å². The van der Waals surface area contributed by atoms with Gasteiger partial charge in [-0.15, -0.1) is 0 Å². The van der Waals surface area contributed by atoms with Gasteiger partial charge in [0.1, 0.15) is 5.82 Å². The Morgan fingerprint density at radius 1 is 1.10 bits per heavy atom. The maximum Gasteiger partial charge on any atom is 0.222 e. The number of piperidine rings is 1. The molecule has 0 spiro atoms. The Morgan fingerprint density at radius 2 is 1.87 bits per heavy atom. The van der Waals surface area contributed by atoms with Crippen molar-refractivity contribution in [2.24, 2.45) is 5.92 Å². The van der Waals surface area contributed by atoms with Crippen LogP contribution in [0.4, 0.5) is 5.95 Å². The molecule has 1 fully saturated rings. The van der Waals surface area contributed by atoms with Crippen molar-refractivity contribution < 1.29 is 0 Å². The molecule has 2 aromatic heterocycles. The van der Waals surface area contributed by atoms with Gasteiger partial charge in [0.2, 0.25) is 5.95 Å². The summed E-state index contributed by atoms with van der Waals surface area (Å²) >= 11 is 0. The minimum atomic E-state index is 0.733. The van der Waals surface area contributed by atoms with Crippen molar-refractivity contribution in [3.8, 4) is 0 Å². The van der Waals surface area contributed by atoms with Crippen LogP contribution < -0.4 is 5.32 Å². The second-order valence-electron chi connectivity index (χ2n) is 8.89. The molecule has 1 aliphatic heterocycles. The van der Waals surface area contributed by atoms with Gasteiger partial charge in [-0.05, 0) is 94.8 Å². The summed E-state index contributed by atoms with van der Waals surface area (Å²) in [4.78, 5) is 19.6. The first kappa shape index (κ1) is 20.8. The van der Waals surface area contributed by atoms with E-state index in [0.29, 0.717) is 0 Å². The summed E-state index contributed by atoms with van der Waals surface area (Å²) in [6, 6.07) is 4.34. The minimum absolute atomic E-state index is 0.733. The zero-order valence-corrected chi connectivity index (χ0v) is 18.5. The van der Waals surface area contributed by atoms with E-state index in [1.54, 1.807) is 0 Å². The van der Waals surface area contributed by atoms with Gasteiger partial charge in [0.25, 0.3) is 0 Å². The van der Waals surface area contributed by atoms with Crippen LogP contribution in [0.5, 0.6) is 0 Å². The summed E-state index contributed by atoms with van der Waals surface area (Å²) < 4.78 is 0. The first-order chi connectivity index (χ1) is 14.6. The van der Waals surface area contributed by atoms with E-state index in [9.17, 15) is 0 Å². The number of aryl methyl sites for hydroxylation is 4. The number of benzene rings is 1. The van der Waals surface area contributed by atoms with E-state index in [0.717, 1.165) is 53.7 Å². The molecular formula is C24H34N6. The third-order valence-electron chi connectivity index (χ3n) is 6.24. The zero-order chi connectivity index (χ0) is 20.9. The Hall–Kier alpha value is -2.47. The number of hydrogen-bond donors (Lipinski definition) is 2. The van der Waals surface area contributed by atoms with Crippen molar-refractivity contribution in [3.63, 3.8) is 0 Å². The molecule has 0 amide bonds. The number of fused-ring (bicyclic) bond motifs is 1. The topological polar surface area (TPSA) is 69.7 Å². The molecule has 1 aromatic carbocycles. The molecule has 0 bridgehead atoms. The maximum atomic E-state index is 4.77. The first-order valence-electron chi connectivity index (χ1n) is 11.3. The average molecular weight is 407 g/mol. The Kier molecular flexibility index (Phi) is 6.62. The van der Waals surface area contributed by atoms with E-state index >= 15 is 0 Å². The highest BCUT2D eigenvalue weighted by Gasteiger charge is 2.15. The van der Waals surface area contributed by atoms with Crippen molar-refractivity contribution in [2.75, 3.05) is 32.0 Å². The summed E-state index contributed by atoms with van der Waals surface area (Å²) in [7, 11) is 2.22. The molecule has 6 nitrogen and oxygen atoms in total. The van der Waals surface area contributed by atoms with E-state index in [2.05, 4.69) is 58.2 Å². The number of aromatic nitrogens is 4. The van der Waals surface area contributed by atoms with Gasteiger partial charge in [0.15, 0.2) is 0 Å². The normalized spacial score (nSPS) is 15.7. The van der Waals surface area contributed by atoms with E-state index in [1.165, 1.54) is 49.9 Å². The molecule has 1 saturated heterocycles. The number of anilines is 1. The lowest BCUT2D eigenvalue weighted by Crippen LogP contribution is -2.30. The fourth-order valence-corrected chi connectivity index (χ4v) is 4.42. The molecule has 0 unspecified atom stereocenters. The van der Waals surface area contributed by atoms with Crippen molar-refractivity contribution in [1.29, 1.82) is 0 Å². The van der Waals surface area contributed by atoms with Crippen LogP contribution in [0.2, 0.25) is 0 Å². The van der Waals surface area contributed by atoms with Crippen LogP contribution in [-0.4, -0.2) is 51.5 Å². The second kappa shape index (κ2) is 9.56. The monoisotopic (exact) mass is 406 g/mol. The van der Waals surface area contributed by atoms with Crippen LogP contribution in [0.25, 0.3) is 11.0 Å². The molecule has 0 aliphatic carbocycles. The molecule has 0 radical (unpaired) electrons. The number of hydrogen-bond acceptors (Lipinski definition) is 5. The Balaban J connectivity index is 1.21. The lowest BCUT2D eigenvalue weighted by atomic mass is 9.92. The molecule has 0 atom stereocenters. The standard InChI is InChI=1S/C24H34N6/c1-17-13-18(2)23-21(14-17)28-22(29-23)7-6-20-15-26-24(27-16-20)25-10-4-5-19-8-11-30(3)12-9-19/h13-16,19H,4-12H2,1-3H3,(H,28,29)(H,25,26,27). The maximum absolute atomic E-state index is 4.77. The third kappa shape index (κ3) is 5.36. The van der Waals surface area contributed by atoms with E-state index in [-0.39, 0.29) is 0 Å². The van der Waals surface area contributed by atoms with Crippen molar-refractivity contribution >= 4 is 17.0 Å². The second-order valence-corrected chi connectivity index (χ2v) is 8.89. The van der Waals surface area contributed by atoms with E-state index in [4.69, 9.17) is 4.98 Å². The molecule has 4 rings (SSSR count). The molecule has 1 aliphatic rings. The summed E-state index contributed by atoms with van der Waals surface area (Å²) in [5.74, 6) is 2.64. The van der Waals surface area contributed by atoms with Gasteiger partial charge in [-0.25, -0.2) is 15.0 Å². The molecule has 6 heteroatoms. The van der Waals surface area contributed by atoms with Crippen molar-refractivity contribution in [2.45, 2.75) is 52.4 Å². The fourth-order valence-electron chi connectivity index (χ4n) is 4.42.